The molecule has 3 nitrogen and oxygen atoms in total. The molecule has 0 aliphatic carbocycles. The van der Waals surface area contributed by atoms with Gasteiger partial charge in [-0.25, -0.2) is 9.34 Å². The van der Waals surface area contributed by atoms with E-state index in [1.54, 1.807) is 4.67 Å². The Balaban J connectivity index is 2.87. The molecule has 1 aliphatic heterocycles. The molecule has 0 aromatic rings. The normalized spacial score (nSPS) is 37.1. The molecule has 2 atom stereocenters. The lowest BCUT2D eigenvalue weighted by molar-refractivity contribution is 0.417. The minimum Gasteiger partial charge on any atom is -0.289 e. The predicted octanol–water partition coefficient (Wildman–Crippen LogP) is 1.08. The number of hydrogen-bond donors (Lipinski definition) is 0. The number of nitrogens with zero attached hydrogens (tertiary/aromatic N) is 2. The van der Waals surface area contributed by atoms with E-state index in [1.165, 1.54) is 0 Å². The highest BCUT2D eigenvalue weighted by atomic mass is 31.2. The molecule has 0 saturated carbocycles. The van der Waals surface area contributed by atoms with Crippen molar-refractivity contribution in [1.82, 2.24) is 9.34 Å². The van der Waals surface area contributed by atoms with Crippen molar-refractivity contribution in [1.29, 1.82) is 0 Å². The van der Waals surface area contributed by atoms with Gasteiger partial charge in [0, 0.05) is 6.16 Å². The van der Waals surface area contributed by atoms with Crippen LogP contribution in [0.2, 0.25) is 0 Å². The summed E-state index contributed by atoms with van der Waals surface area (Å²) < 4.78 is 15.8. The monoisotopic (exact) mass is 186 g/mol. The van der Waals surface area contributed by atoms with Gasteiger partial charge in [0.15, 0.2) is 0 Å². The molecular formula is C8H15N2OP. The molecule has 1 fully saturated rings. The Morgan fingerprint density at radius 1 is 1.67 bits per heavy atom. The van der Waals surface area contributed by atoms with Crippen LogP contribution in [0.1, 0.15) is 6.42 Å². The predicted molar refractivity (Wildman–Crippen MR) is 51.2 cm³/mol. The first kappa shape index (κ1) is 9.80. The van der Waals surface area contributed by atoms with Crippen molar-refractivity contribution in [2.24, 2.45) is 0 Å². The molecule has 68 valence electrons. The minimum atomic E-state index is -2.28. The molecular weight excluding hydrogens is 171 g/mol. The van der Waals surface area contributed by atoms with E-state index in [9.17, 15) is 4.57 Å². The van der Waals surface area contributed by atoms with Crippen LogP contribution in [0.25, 0.3) is 0 Å². The molecule has 12 heavy (non-hydrogen) atoms. The van der Waals surface area contributed by atoms with Gasteiger partial charge in [0.1, 0.15) is 0 Å². The van der Waals surface area contributed by atoms with Crippen LogP contribution in [0, 0.1) is 12.3 Å². The largest absolute Gasteiger partial charge is 0.289 e. The van der Waals surface area contributed by atoms with Gasteiger partial charge in [-0.05, 0) is 27.6 Å². The summed E-state index contributed by atoms with van der Waals surface area (Å²) in [4.78, 5) is 0. The van der Waals surface area contributed by atoms with Crippen molar-refractivity contribution in [3.8, 4) is 12.3 Å². The van der Waals surface area contributed by atoms with Gasteiger partial charge in [-0.15, -0.1) is 6.42 Å². The smallest absolute Gasteiger partial charge is 0.216 e. The summed E-state index contributed by atoms with van der Waals surface area (Å²) in [6.45, 7) is 0. The van der Waals surface area contributed by atoms with Gasteiger partial charge in [-0.2, -0.15) is 0 Å². The SMILES string of the molecule is C#CC1CCP(=O)(N(C)C)N1C. The Labute approximate surface area is 74.2 Å². The fraction of sp³-hybridized carbons (Fsp3) is 0.750. The fourth-order valence-corrected chi connectivity index (χ4v) is 4.00. The molecule has 4 heteroatoms. The quantitative estimate of drug-likeness (QED) is 0.452. The van der Waals surface area contributed by atoms with Gasteiger partial charge in [0.25, 0.3) is 0 Å². The van der Waals surface area contributed by atoms with Crippen LogP contribution in [-0.4, -0.2) is 42.7 Å². The molecule has 0 spiro atoms. The van der Waals surface area contributed by atoms with E-state index in [0.29, 0.717) is 6.16 Å². The first-order valence-corrected chi connectivity index (χ1v) is 5.78. The van der Waals surface area contributed by atoms with Gasteiger partial charge in [-0.1, -0.05) is 5.92 Å². The van der Waals surface area contributed by atoms with E-state index >= 15 is 0 Å². The van der Waals surface area contributed by atoms with E-state index in [2.05, 4.69) is 5.92 Å². The summed E-state index contributed by atoms with van der Waals surface area (Å²) in [5.41, 5.74) is 0. The standard InChI is InChI=1S/C8H15N2OP/c1-5-8-6-7-12(11,9(2)3)10(8)4/h1,8H,6-7H2,2-4H3. The van der Waals surface area contributed by atoms with Gasteiger partial charge in [0.2, 0.25) is 7.44 Å². The molecule has 0 aromatic carbocycles. The molecule has 1 heterocycles. The number of hydrogen-bond acceptors (Lipinski definition) is 1. The van der Waals surface area contributed by atoms with Crippen molar-refractivity contribution < 1.29 is 4.57 Å². The lowest BCUT2D eigenvalue weighted by Crippen LogP contribution is -2.25. The van der Waals surface area contributed by atoms with Crippen LogP contribution in [0.15, 0.2) is 0 Å². The average Bonchev–Trinajstić information content (AvgIpc) is 2.31. The van der Waals surface area contributed by atoms with Crippen molar-refractivity contribution >= 4 is 7.44 Å². The molecule has 2 unspecified atom stereocenters. The zero-order chi connectivity index (χ0) is 9.35. The maximum absolute atomic E-state index is 12.2. The third-order valence-corrected chi connectivity index (χ3v) is 5.81. The van der Waals surface area contributed by atoms with E-state index in [1.807, 2.05) is 25.8 Å². The zero-order valence-corrected chi connectivity index (χ0v) is 8.71. The Morgan fingerprint density at radius 3 is 2.50 bits per heavy atom. The Bertz CT molecular complexity index is 256. The Morgan fingerprint density at radius 2 is 2.25 bits per heavy atom. The highest BCUT2D eigenvalue weighted by Gasteiger charge is 2.40. The van der Waals surface area contributed by atoms with Crippen LogP contribution in [0.3, 0.4) is 0 Å². The summed E-state index contributed by atoms with van der Waals surface area (Å²) in [5.74, 6) is 2.65. The molecule has 0 aromatic heterocycles. The van der Waals surface area contributed by atoms with E-state index in [-0.39, 0.29) is 6.04 Å². The number of terminal acetylenes is 1. The lowest BCUT2D eigenvalue weighted by atomic mass is 10.2. The molecule has 0 radical (unpaired) electrons. The summed E-state index contributed by atoms with van der Waals surface area (Å²) >= 11 is 0. The van der Waals surface area contributed by atoms with Crippen molar-refractivity contribution in [3.05, 3.63) is 0 Å². The van der Waals surface area contributed by atoms with Crippen LogP contribution >= 0.6 is 7.44 Å². The van der Waals surface area contributed by atoms with Crippen LogP contribution < -0.4 is 0 Å². The molecule has 1 rings (SSSR count). The molecule has 1 saturated heterocycles. The Hall–Kier alpha value is -0.290. The average molecular weight is 186 g/mol. The van der Waals surface area contributed by atoms with Crippen molar-refractivity contribution in [2.75, 3.05) is 27.3 Å². The highest BCUT2D eigenvalue weighted by molar-refractivity contribution is 7.59. The second-order valence-corrected chi connectivity index (χ2v) is 6.49. The molecule has 1 aliphatic rings. The third kappa shape index (κ3) is 1.31. The van der Waals surface area contributed by atoms with Crippen molar-refractivity contribution in [3.63, 3.8) is 0 Å². The fourth-order valence-electron chi connectivity index (χ4n) is 1.53. The van der Waals surface area contributed by atoms with Crippen LogP contribution in [0.4, 0.5) is 0 Å². The lowest BCUT2D eigenvalue weighted by Gasteiger charge is -2.28. The van der Waals surface area contributed by atoms with Gasteiger partial charge >= 0.3 is 0 Å². The summed E-state index contributed by atoms with van der Waals surface area (Å²) in [6.07, 6.45) is 6.88. The van der Waals surface area contributed by atoms with Gasteiger partial charge in [0.05, 0.1) is 6.04 Å². The third-order valence-electron chi connectivity index (χ3n) is 2.46. The van der Waals surface area contributed by atoms with Gasteiger partial charge < -0.3 is 0 Å². The molecule has 0 N–H and O–H groups in total. The first-order valence-electron chi connectivity index (χ1n) is 3.98. The van der Waals surface area contributed by atoms with E-state index in [4.69, 9.17) is 6.42 Å². The summed E-state index contributed by atoms with van der Waals surface area (Å²) in [6, 6.07) is 0.0539. The first-order chi connectivity index (χ1) is 5.52. The highest BCUT2D eigenvalue weighted by Crippen LogP contribution is 2.56. The van der Waals surface area contributed by atoms with Crippen molar-refractivity contribution in [2.45, 2.75) is 12.5 Å². The topological polar surface area (TPSA) is 23.6 Å². The summed E-state index contributed by atoms with van der Waals surface area (Å²) in [7, 11) is 3.25. The minimum absolute atomic E-state index is 0.0539. The maximum atomic E-state index is 12.2. The van der Waals surface area contributed by atoms with Crippen LogP contribution in [-0.2, 0) is 4.57 Å². The van der Waals surface area contributed by atoms with Crippen LogP contribution in [0.5, 0.6) is 0 Å². The van der Waals surface area contributed by atoms with E-state index in [0.717, 1.165) is 6.42 Å². The van der Waals surface area contributed by atoms with Gasteiger partial charge in [-0.3, -0.25) is 4.57 Å². The second-order valence-electron chi connectivity index (χ2n) is 3.28. The molecule has 0 amide bonds. The maximum Gasteiger partial charge on any atom is 0.216 e. The molecule has 0 bridgehead atoms. The second kappa shape index (κ2) is 3.22. The Kier molecular flexibility index (Phi) is 2.63. The van der Waals surface area contributed by atoms with E-state index < -0.39 is 7.44 Å². The number of rotatable bonds is 1. The zero-order valence-electron chi connectivity index (χ0n) is 7.82. The summed E-state index contributed by atoms with van der Waals surface area (Å²) in [5, 5.41) is 0.